The van der Waals surface area contributed by atoms with Crippen molar-refractivity contribution < 1.29 is 22.4 Å². The SMILES string of the molecule is O=[N+]([O-])c1cc(S(=O)(=O)Oc2ccccc2[N+](=O)[O-])ccc1S. The topological polar surface area (TPSA) is 130 Å². The molecule has 0 saturated carbocycles. The summed E-state index contributed by atoms with van der Waals surface area (Å²) < 4.78 is 29.1. The molecule has 0 unspecified atom stereocenters. The van der Waals surface area contributed by atoms with E-state index in [-0.39, 0.29) is 4.90 Å². The Morgan fingerprint density at radius 3 is 2.17 bits per heavy atom. The van der Waals surface area contributed by atoms with Crippen LogP contribution in [-0.4, -0.2) is 18.3 Å². The molecule has 0 atom stereocenters. The molecule has 2 rings (SSSR count). The van der Waals surface area contributed by atoms with Gasteiger partial charge in [0.1, 0.15) is 4.90 Å². The highest BCUT2D eigenvalue weighted by Gasteiger charge is 2.25. The average Bonchev–Trinajstić information content (AvgIpc) is 2.47. The van der Waals surface area contributed by atoms with Crippen LogP contribution in [0.5, 0.6) is 5.75 Å². The van der Waals surface area contributed by atoms with Gasteiger partial charge in [0.15, 0.2) is 0 Å². The fourth-order valence-corrected chi connectivity index (χ4v) is 2.83. The number of thiol groups is 1. The number of rotatable bonds is 5. The first-order chi connectivity index (χ1) is 10.7. The molecule has 0 N–H and O–H groups in total. The second-order valence-corrected chi connectivity index (χ2v) is 6.20. The van der Waals surface area contributed by atoms with E-state index >= 15 is 0 Å². The molecule has 0 aromatic heterocycles. The van der Waals surface area contributed by atoms with Gasteiger partial charge in [-0.25, -0.2) is 0 Å². The molecule has 23 heavy (non-hydrogen) atoms. The number of nitrogens with zero attached hydrogens (tertiary/aromatic N) is 2. The van der Waals surface area contributed by atoms with E-state index in [1.54, 1.807) is 0 Å². The second kappa shape index (κ2) is 6.22. The Morgan fingerprint density at radius 2 is 1.57 bits per heavy atom. The fourth-order valence-electron chi connectivity index (χ4n) is 1.65. The number of para-hydroxylation sites is 2. The Hall–Kier alpha value is -2.66. The van der Waals surface area contributed by atoms with Crippen LogP contribution in [0.1, 0.15) is 0 Å². The summed E-state index contributed by atoms with van der Waals surface area (Å²) in [4.78, 5) is 19.6. The summed E-state index contributed by atoms with van der Waals surface area (Å²) in [5.74, 6) is -0.491. The predicted octanol–water partition coefficient (Wildman–Crippen LogP) is 2.56. The zero-order valence-corrected chi connectivity index (χ0v) is 12.9. The van der Waals surface area contributed by atoms with Gasteiger partial charge in [0.05, 0.1) is 14.7 Å². The van der Waals surface area contributed by atoms with Gasteiger partial charge < -0.3 is 4.18 Å². The summed E-state index contributed by atoms with van der Waals surface area (Å²) >= 11 is 3.86. The van der Waals surface area contributed by atoms with Gasteiger partial charge in [0, 0.05) is 12.1 Å². The molecule has 0 heterocycles. The lowest BCUT2D eigenvalue weighted by atomic mass is 10.3. The van der Waals surface area contributed by atoms with Crippen molar-refractivity contribution in [3.8, 4) is 5.75 Å². The Morgan fingerprint density at radius 1 is 0.957 bits per heavy atom. The highest BCUT2D eigenvalue weighted by Crippen LogP contribution is 2.31. The molecular weight excluding hydrogens is 348 g/mol. The molecule has 0 saturated heterocycles. The van der Waals surface area contributed by atoms with E-state index in [9.17, 15) is 28.6 Å². The Labute approximate surface area is 135 Å². The van der Waals surface area contributed by atoms with Gasteiger partial charge in [-0.05, 0) is 18.2 Å². The zero-order valence-electron chi connectivity index (χ0n) is 11.1. The van der Waals surface area contributed by atoms with Crippen molar-refractivity contribution in [1.29, 1.82) is 0 Å². The van der Waals surface area contributed by atoms with Crippen molar-refractivity contribution in [1.82, 2.24) is 0 Å². The largest absolute Gasteiger partial charge is 0.372 e. The number of nitro benzene ring substituents is 2. The summed E-state index contributed by atoms with van der Waals surface area (Å²) in [7, 11) is -4.48. The van der Waals surface area contributed by atoms with Gasteiger partial charge in [-0.3, -0.25) is 20.2 Å². The monoisotopic (exact) mass is 356 g/mol. The van der Waals surface area contributed by atoms with Crippen LogP contribution in [0.15, 0.2) is 52.3 Å². The third-order valence-electron chi connectivity index (χ3n) is 2.69. The molecule has 0 bridgehead atoms. The third kappa shape index (κ3) is 3.57. The fraction of sp³-hybridized carbons (Fsp3) is 0. The Bertz CT molecular complexity index is 896. The highest BCUT2D eigenvalue weighted by atomic mass is 32.2. The molecular formula is C12H8N2O7S2. The first-order valence-corrected chi connectivity index (χ1v) is 7.73. The minimum atomic E-state index is -4.48. The van der Waals surface area contributed by atoms with Crippen molar-refractivity contribution in [2.75, 3.05) is 0 Å². The summed E-state index contributed by atoms with van der Waals surface area (Å²) in [5, 5.41) is 21.7. The van der Waals surface area contributed by atoms with E-state index in [1.807, 2.05) is 0 Å². The van der Waals surface area contributed by atoms with E-state index in [4.69, 9.17) is 4.18 Å². The maximum Gasteiger partial charge on any atom is 0.339 e. The standard InChI is InChI=1S/C12H8N2O7S2/c15-13(16)9-3-1-2-4-11(9)21-23(19,20)8-5-6-12(22)10(7-8)14(17)18/h1-7,22H. The number of hydrogen-bond acceptors (Lipinski definition) is 8. The molecule has 0 aliphatic carbocycles. The van der Waals surface area contributed by atoms with Crippen molar-refractivity contribution in [3.63, 3.8) is 0 Å². The van der Waals surface area contributed by atoms with Crippen LogP contribution in [-0.2, 0) is 10.1 Å². The molecule has 9 nitrogen and oxygen atoms in total. The molecule has 11 heteroatoms. The van der Waals surface area contributed by atoms with Gasteiger partial charge in [0.25, 0.3) is 5.69 Å². The Balaban J connectivity index is 2.47. The minimum absolute atomic E-state index is 0.0281. The van der Waals surface area contributed by atoms with Crippen molar-refractivity contribution in [2.24, 2.45) is 0 Å². The van der Waals surface area contributed by atoms with E-state index in [0.29, 0.717) is 0 Å². The lowest BCUT2D eigenvalue weighted by Gasteiger charge is -2.07. The van der Waals surface area contributed by atoms with E-state index < -0.39 is 42.0 Å². The maximum absolute atomic E-state index is 12.2. The predicted molar refractivity (Wildman–Crippen MR) is 81.3 cm³/mol. The van der Waals surface area contributed by atoms with Crippen LogP contribution in [0.3, 0.4) is 0 Å². The molecule has 0 aliphatic rings. The van der Waals surface area contributed by atoms with E-state index in [0.717, 1.165) is 30.3 Å². The molecule has 0 amide bonds. The van der Waals surface area contributed by atoms with Gasteiger partial charge in [-0.1, -0.05) is 12.1 Å². The lowest BCUT2D eigenvalue weighted by Crippen LogP contribution is -2.11. The van der Waals surface area contributed by atoms with Crippen LogP contribution >= 0.6 is 12.6 Å². The summed E-state index contributed by atoms with van der Waals surface area (Å²) in [6.45, 7) is 0. The van der Waals surface area contributed by atoms with Gasteiger partial charge in [-0.2, -0.15) is 8.42 Å². The van der Waals surface area contributed by atoms with Crippen LogP contribution in [0, 0.1) is 20.2 Å². The summed E-state index contributed by atoms with van der Waals surface area (Å²) in [5.41, 5.74) is -1.07. The molecule has 2 aromatic rings. The van der Waals surface area contributed by atoms with Gasteiger partial charge >= 0.3 is 15.8 Å². The average molecular weight is 356 g/mol. The number of hydrogen-bond donors (Lipinski definition) is 1. The van der Waals surface area contributed by atoms with Crippen molar-refractivity contribution >= 4 is 34.1 Å². The smallest absolute Gasteiger partial charge is 0.339 e. The van der Waals surface area contributed by atoms with Crippen LogP contribution in [0.4, 0.5) is 11.4 Å². The number of benzene rings is 2. The molecule has 0 aliphatic heterocycles. The maximum atomic E-state index is 12.2. The van der Waals surface area contributed by atoms with Crippen LogP contribution in [0.25, 0.3) is 0 Å². The molecule has 120 valence electrons. The van der Waals surface area contributed by atoms with Crippen molar-refractivity contribution in [2.45, 2.75) is 9.79 Å². The molecule has 0 radical (unpaired) electrons. The van der Waals surface area contributed by atoms with Crippen molar-refractivity contribution in [3.05, 3.63) is 62.7 Å². The van der Waals surface area contributed by atoms with E-state index in [1.165, 1.54) is 12.1 Å². The van der Waals surface area contributed by atoms with E-state index in [2.05, 4.69) is 12.6 Å². The van der Waals surface area contributed by atoms with Crippen LogP contribution in [0.2, 0.25) is 0 Å². The highest BCUT2D eigenvalue weighted by molar-refractivity contribution is 7.87. The molecule has 2 aromatic carbocycles. The van der Waals surface area contributed by atoms with Crippen LogP contribution < -0.4 is 4.18 Å². The normalized spacial score (nSPS) is 11.0. The van der Waals surface area contributed by atoms with Gasteiger partial charge in [0.2, 0.25) is 5.75 Å². The summed E-state index contributed by atoms with van der Waals surface area (Å²) in [6.07, 6.45) is 0. The lowest BCUT2D eigenvalue weighted by molar-refractivity contribution is -0.387. The molecule has 0 spiro atoms. The summed E-state index contributed by atoms with van der Waals surface area (Å²) in [6, 6.07) is 7.83. The second-order valence-electron chi connectivity index (χ2n) is 4.17. The third-order valence-corrected chi connectivity index (χ3v) is 4.30. The number of nitro groups is 2. The first-order valence-electron chi connectivity index (χ1n) is 5.87. The Kier molecular flexibility index (Phi) is 4.52. The quantitative estimate of drug-likeness (QED) is 0.377. The molecule has 0 fully saturated rings. The minimum Gasteiger partial charge on any atom is -0.372 e. The van der Waals surface area contributed by atoms with Gasteiger partial charge in [-0.15, -0.1) is 12.6 Å². The first kappa shape index (κ1) is 16.7. The zero-order chi connectivity index (χ0) is 17.2.